The van der Waals surface area contributed by atoms with E-state index in [2.05, 4.69) is 20.7 Å². The number of carbonyl (C=O) groups is 1. The summed E-state index contributed by atoms with van der Waals surface area (Å²) in [6.45, 7) is 0. The van der Waals surface area contributed by atoms with Gasteiger partial charge < -0.3 is 9.84 Å². The number of hydrogen-bond donors (Lipinski definition) is 3. The van der Waals surface area contributed by atoms with Gasteiger partial charge in [0, 0.05) is 5.56 Å². The molecule has 0 aliphatic rings. The van der Waals surface area contributed by atoms with Gasteiger partial charge in [0.15, 0.2) is 0 Å². The van der Waals surface area contributed by atoms with Gasteiger partial charge in [-0.15, -0.1) is 0 Å². The van der Waals surface area contributed by atoms with Gasteiger partial charge in [0.2, 0.25) is 0 Å². The number of amides is 1. The van der Waals surface area contributed by atoms with Crippen LogP contribution in [0.5, 0.6) is 11.5 Å². The van der Waals surface area contributed by atoms with Crippen LogP contribution >= 0.6 is 0 Å². The van der Waals surface area contributed by atoms with E-state index in [1.165, 1.54) is 6.21 Å². The van der Waals surface area contributed by atoms with Crippen molar-refractivity contribution in [2.45, 2.75) is 0 Å². The molecule has 0 radical (unpaired) electrons. The summed E-state index contributed by atoms with van der Waals surface area (Å²) in [5.74, 6) is 0.298. The van der Waals surface area contributed by atoms with Crippen LogP contribution in [0.3, 0.4) is 0 Å². The van der Waals surface area contributed by atoms with Crippen LogP contribution < -0.4 is 10.2 Å². The number of nitrogens with zero attached hydrogens (tertiary/aromatic N) is 2. The van der Waals surface area contributed by atoms with E-state index < -0.39 is 5.91 Å². The summed E-state index contributed by atoms with van der Waals surface area (Å²) in [5, 5.41) is 22.7. The first-order valence-corrected chi connectivity index (χ1v) is 8.90. The number of hydrogen-bond acceptors (Lipinski definition) is 5. The number of rotatable bonds is 5. The van der Waals surface area contributed by atoms with E-state index in [1.807, 2.05) is 36.4 Å². The Hall–Kier alpha value is -4.13. The second-order valence-electron chi connectivity index (χ2n) is 6.29. The van der Waals surface area contributed by atoms with Crippen LogP contribution in [0.2, 0.25) is 0 Å². The molecule has 7 nitrogen and oxygen atoms in total. The molecule has 1 heterocycles. The molecule has 144 valence electrons. The molecule has 1 aromatic heterocycles. The number of para-hydroxylation sites is 1. The smallest absolute Gasteiger partial charge is 0.289 e. The van der Waals surface area contributed by atoms with Crippen molar-refractivity contribution in [3.05, 3.63) is 78.0 Å². The van der Waals surface area contributed by atoms with Crippen LogP contribution in [0.4, 0.5) is 0 Å². The predicted octanol–water partition coefficient (Wildman–Crippen LogP) is 3.71. The Morgan fingerprint density at radius 3 is 2.76 bits per heavy atom. The number of aromatic hydroxyl groups is 1. The molecule has 7 heteroatoms. The molecular formula is C22H18N4O3. The lowest BCUT2D eigenvalue weighted by atomic mass is 10.0. The van der Waals surface area contributed by atoms with Crippen molar-refractivity contribution in [3.63, 3.8) is 0 Å². The molecule has 0 spiro atoms. The molecular weight excluding hydrogens is 368 g/mol. The van der Waals surface area contributed by atoms with Crippen LogP contribution in [0, 0.1) is 0 Å². The summed E-state index contributed by atoms with van der Waals surface area (Å²) in [5.41, 5.74) is 4.57. The first kappa shape index (κ1) is 18.2. The Kier molecular flexibility index (Phi) is 4.94. The van der Waals surface area contributed by atoms with Crippen LogP contribution in [-0.4, -0.2) is 34.5 Å². The molecule has 0 unspecified atom stereocenters. The number of aromatic nitrogens is 2. The Bertz CT molecular complexity index is 1210. The average molecular weight is 386 g/mol. The first-order chi connectivity index (χ1) is 14.2. The van der Waals surface area contributed by atoms with Gasteiger partial charge in [0.25, 0.3) is 5.91 Å². The fourth-order valence-corrected chi connectivity index (χ4v) is 3.07. The summed E-state index contributed by atoms with van der Waals surface area (Å²) < 4.78 is 5.50. The van der Waals surface area contributed by atoms with Gasteiger partial charge in [-0.1, -0.05) is 42.5 Å². The Morgan fingerprint density at radius 2 is 1.93 bits per heavy atom. The number of methoxy groups -OCH3 is 1. The standard InChI is InChI=1S/C22H18N4O3/c1-29-20-11-10-14-6-2-4-8-16(14)21(20)17-12-18(25-24-17)22(28)26-23-13-15-7-3-5-9-19(15)27/h2-13,27H,1H3,(H,24,25)(H,26,28)/b23-13-. The molecule has 4 aromatic rings. The van der Waals surface area contributed by atoms with Crippen LogP contribution in [-0.2, 0) is 0 Å². The maximum atomic E-state index is 12.4. The summed E-state index contributed by atoms with van der Waals surface area (Å²) in [6, 6.07) is 20.1. The van der Waals surface area contributed by atoms with Gasteiger partial charge in [-0.2, -0.15) is 10.2 Å². The fraction of sp³-hybridized carbons (Fsp3) is 0.0455. The lowest BCUT2D eigenvalue weighted by Gasteiger charge is -2.09. The lowest BCUT2D eigenvalue weighted by Crippen LogP contribution is -2.18. The molecule has 3 aromatic carbocycles. The highest BCUT2D eigenvalue weighted by Gasteiger charge is 2.16. The minimum Gasteiger partial charge on any atom is -0.507 e. The molecule has 0 fully saturated rings. The number of H-pyrrole nitrogens is 1. The van der Waals surface area contributed by atoms with E-state index in [0.717, 1.165) is 16.3 Å². The van der Waals surface area contributed by atoms with Gasteiger partial charge in [0.05, 0.1) is 24.6 Å². The number of aromatic amines is 1. The summed E-state index contributed by atoms with van der Waals surface area (Å²) in [4.78, 5) is 12.4. The van der Waals surface area contributed by atoms with E-state index in [0.29, 0.717) is 17.0 Å². The third-order valence-electron chi connectivity index (χ3n) is 4.50. The zero-order chi connectivity index (χ0) is 20.2. The van der Waals surface area contributed by atoms with Crippen molar-refractivity contribution in [1.29, 1.82) is 0 Å². The van der Waals surface area contributed by atoms with Crippen molar-refractivity contribution in [2.24, 2.45) is 5.10 Å². The third kappa shape index (κ3) is 3.66. The Labute approximate surface area is 166 Å². The Balaban J connectivity index is 1.60. The van der Waals surface area contributed by atoms with Gasteiger partial charge in [-0.3, -0.25) is 9.89 Å². The number of carbonyl (C=O) groups excluding carboxylic acids is 1. The number of phenols is 1. The van der Waals surface area contributed by atoms with E-state index in [-0.39, 0.29) is 11.4 Å². The maximum absolute atomic E-state index is 12.4. The number of benzene rings is 3. The number of ether oxygens (including phenoxy) is 1. The molecule has 0 aliphatic carbocycles. The molecule has 0 saturated carbocycles. The minimum absolute atomic E-state index is 0.0809. The summed E-state index contributed by atoms with van der Waals surface area (Å²) in [7, 11) is 1.60. The predicted molar refractivity (Wildman–Crippen MR) is 111 cm³/mol. The van der Waals surface area contributed by atoms with Crippen molar-refractivity contribution >= 4 is 22.9 Å². The zero-order valence-corrected chi connectivity index (χ0v) is 15.6. The number of hydrazone groups is 1. The second kappa shape index (κ2) is 7.85. The highest BCUT2D eigenvalue weighted by Crippen LogP contribution is 2.36. The molecule has 4 rings (SSSR count). The summed E-state index contributed by atoms with van der Waals surface area (Å²) in [6.07, 6.45) is 1.37. The highest BCUT2D eigenvalue weighted by molar-refractivity contribution is 6.00. The number of fused-ring (bicyclic) bond motifs is 1. The topological polar surface area (TPSA) is 99.6 Å². The van der Waals surface area contributed by atoms with Crippen molar-refractivity contribution in [3.8, 4) is 22.8 Å². The number of nitrogens with one attached hydrogen (secondary N) is 2. The van der Waals surface area contributed by atoms with Crippen LogP contribution in [0.15, 0.2) is 71.8 Å². The molecule has 29 heavy (non-hydrogen) atoms. The van der Waals surface area contributed by atoms with Crippen molar-refractivity contribution < 1.29 is 14.6 Å². The highest BCUT2D eigenvalue weighted by atomic mass is 16.5. The quantitative estimate of drug-likeness (QED) is 0.360. The van der Waals surface area contributed by atoms with Gasteiger partial charge >= 0.3 is 0 Å². The van der Waals surface area contributed by atoms with Gasteiger partial charge in [0.1, 0.15) is 17.2 Å². The normalized spacial score (nSPS) is 11.1. The average Bonchev–Trinajstić information content (AvgIpc) is 3.24. The van der Waals surface area contributed by atoms with E-state index in [9.17, 15) is 9.90 Å². The first-order valence-electron chi connectivity index (χ1n) is 8.90. The molecule has 3 N–H and O–H groups in total. The molecule has 0 bridgehead atoms. The van der Waals surface area contributed by atoms with Crippen LogP contribution in [0.1, 0.15) is 16.1 Å². The van der Waals surface area contributed by atoms with E-state index >= 15 is 0 Å². The third-order valence-corrected chi connectivity index (χ3v) is 4.50. The monoisotopic (exact) mass is 386 g/mol. The molecule has 1 amide bonds. The minimum atomic E-state index is -0.449. The fourth-order valence-electron chi connectivity index (χ4n) is 3.07. The molecule has 0 aliphatic heterocycles. The zero-order valence-electron chi connectivity index (χ0n) is 15.6. The van der Waals surface area contributed by atoms with Gasteiger partial charge in [-0.05, 0) is 35.0 Å². The summed E-state index contributed by atoms with van der Waals surface area (Å²) >= 11 is 0. The maximum Gasteiger partial charge on any atom is 0.289 e. The second-order valence-corrected chi connectivity index (χ2v) is 6.29. The number of phenolic OH excluding ortho intramolecular Hbond substituents is 1. The van der Waals surface area contributed by atoms with Gasteiger partial charge in [-0.25, -0.2) is 5.43 Å². The Morgan fingerprint density at radius 1 is 1.14 bits per heavy atom. The lowest BCUT2D eigenvalue weighted by molar-refractivity contribution is 0.0950. The largest absolute Gasteiger partial charge is 0.507 e. The van der Waals surface area contributed by atoms with Crippen molar-refractivity contribution in [2.75, 3.05) is 7.11 Å². The van der Waals surface area contributed by atoms with Crippen LogP contribution in [0.25, 0.3) is 22.0 Å². The SMILES string of the molecule is COc1ccc2ccccc2c1-c1cc(C(=O)N/N=C\c2ccccc2O)[nH]n1. The molecule has 0 saturated heterocycles. The van der Waals surface area contributed by atoms with Crippen molar-refractivity contribution in [1.82, 2.24) is 15.6 Å². The van der Waals surface area contributed by atoms with E-state index in [1.54, 1.807) is 37.4 Å². The van der Waals surface area contributed by atoms with E-state index in [4.69, 9.17) is 4.74 Å². The molecule has 0 atom stereocenters.